The molecule has 0 radical (unpaired) electrons. The molecular weight excluding hydrogens is 273 g/mol. The van der Waals surface area contributed by atoms with Gasteiger partial charge in [0.25, 0.3) is 0 Å². The van der Waals surface area contributed by atoms with Gasteiger partial charge in [0.15, 0.2) is 11.5 Å². The van der Waals surface area contributed by atoms with Gasteiger partial charge in [-0.15, -0.1) is 0 Å². The van der Waals surface area contributed by atoms with Crippen LogP contribution in [-0.2, 0) is 0 Å². The lowest BCUT2D eigenvalue weighted by Crippen LogP contribution is -2.01. The molecule has 21 heavy (non-hydrogen) atoms. The molecule has 108 valence electrons. The number of methoxy groups -OCH3 is 2. The summed E-state index contributed by atoms with van der Waals surface area (Å²) >= 11 is 0. The molecule has 0 aromatic heterocycles. The van der Waals surface area contributed by atoms with Gasteiger partial charge in [-0.2, -0.15) is 5.26 Å². The van der Waals surface area contributed by atoms with Crippen molar-refractivity contribution in [2.24, 2.45) is 0 Å². The van der Waals surface area contributed by atoms with Gasteiger partial charge < -0.3 is 20.5 Å². The van der Waals surface area contributed by atoms with Crippen LogP contribution in [0.5, 0.6) is 11.5 Å². The molecule has 0 aliphatic heterocycles. The number of nitrogens with zero attached hydrogens (tertiary/aromatic N) is 1. The van der Waals surface area contributed by atoms with Crippen LogP contribution in [-0.4, -0.2) is 14.2 Å². The second-order valence-electron chi connectivity index (χ2n) is 4.22. The van der Waals surface area contributed by atoms with Crippen molar-refractivity contribution >= 4 is 17.1 Å². The Bertz CT molecular complexity index is 711. The second kappa shape index (κ2) is 6.01. The zero-order valence-electron chi connectivity index (χ0n) is 11.6. The van der Waals surface area contributed by atoms with Crippen molar-refractivity contribution in [3.63, 3.8) is 0 Å². The lowest BCUT2D eigenvalue weighted by Gasteiger charge is -2.14. The third-order valence-electron chi connectivity index (χ3n) is 2.93. The molecule has 2 rings (SSSR count). The number of benzene rings is 2. The number of nitrogens with one attached hydrogen (secondary N) is 1. The number of anilines is 3. The van der Waals surface area contributed by atoms with Crippen LogP contribution in [0.2, 0.25) is 0 Å². The molecule has 2 aromatic rings. The summed E-state index contributed by atoms with van der Waals surface area (Å²) in [7, 11) is 3.02. The molecule has 0 saturated heterocycles. The Hall–Kier alpha value is -2.94. The fraction of sp³-hybridized carbons (Fsp3) is 0.133. The van der Waals surface area contributed by atoms with Gasteiger partial charge >= 0.3 is 0 Å². The van der Waals surface area contributed by atoms with E-state index in [0.717, 1.165) is 6.07 Å². The van der Waals surface area contributed by atoms with Crippen molar-refractivity contribution in [2.75, 3.05) is 25.3 Å². The minimum absolute atomic E-state index is 0.184. The molecule has 0 saturated carbocycles. The van der Waals surface area contributed by atoms with E-state index in [2.05, 4.69) is 5.32 Å². The van der Waals surface area contributed by atoms with E-state index in [4.69, 9.17) is 20.5 Å². The quantitative estimate of drug-likeness (QED) is 0.845. The van der Waals surface area contributed by atoms with Crippen LogP contribution in [0.1, 0.15) is 5.56 Å². The zero-order valence-corrected chi connectivity index (χ0v) is 11.6. The topological polar surface area (TPSA) is 80.3 Å². The monoisotopic (exact) mass is 287 g/mol. The number of hydrogen-bond acceptors (Lipinski definition) is 5. The summed E-state index contributed by atoms with van der Waals surface area (Å²) in [5.41, 5.74) is 7.53. The third kappa shape index (κ3) is 2.98. The maximum atomic E-state index is 13.1. The SMILES string of the molecule is COc1cc(N)c(Nc2ccc(F)cc2C#N)cc1OC. The predicted molar refractivity (Wildman–Crippen MR) is 78.4 cm³/mol. The van der Waals surface area contributed by atoms with Crippen LogP contribution in [0, 0.1) is 17.1 Å². The summed E-state index contributed by atoms with van der Waals surface area (Å²) in [5, 5.41) is 12.0. The van der Waals surface area contributed by atoms with E-state index in [0.29, 0.717) is 28.6 Å². The van der Waals surface area contributed by atoms with Gasteiger partial charge in [0, 0.05) is 12.1 Å². The molecule has 3 N–H and O–H groups in total. The molecule has 0 atom stereocenters. The molecule has 0 spiro atoms. The van der Waals surface area contributed by atoms with E-state index in [1.165, 1.54) is 26.4 Å². The van der Waals surface area contributed by atoms with E-state index >= 15 is 0 Å². The van der Waals surface area contributed by atoms with Crippen LogP contribution in [0.25, 0.3) is 0 Å². The number of nitrogens with two attached hydrogens (primary N) is 1. The van der Waals surface area contributed by atoms with Gasteiger partial charge in [-0.1, -0.05) is 0 Å². The standard InChI is InChI=1S/C15H14FN3O2/c1-20-14-6-11(18)13(7-15(14)21-2)19-12-4-3-10(16)5-9(12)8-17/h3-7,19H,18H2,1-2H3. The fourth-order valence-corrected chi connectivity index (χ4v) is 1.87. The van der Waals surface area contributed by atoms with Gasteiger partial charge in [-0.25, -0.2) is 4.39 Å². The summed E-state index contributed by atoms with van der Waals surface area (Å²) < 4.78 is 23.5. The zero-order chi connectivity index (χ0) is 15.4. The Kier molecular flexibility index (Phi) is 4.14. The number of hydrogen-bond donors (Lipinski definition) is 2. The Morgan fingerprint density at radius 3 is 2.38 bits per heavy atom. The fourth-order valence-electron chi connectivity index (χ4n) is 1.87. The minimum Gasteiger partial charge on any atom is -0.493 e. The molecule has 0 aliphatic rings. The smallest absolute Gasteiger partial charge is 0.162 e. The molecule has 0 amide bonds. The molecule has 0 fully saturated rings. The van der Waals surface area contributed by atoms with Gasteiger partial charge in [0.05, 0.1) is 36.8 Å². The molecule has 0 heterocycles. The number of nitriles is 1. The lowest BCUT2D eigenvalue weighted by atomic mass is 10.1. The molecule has 2 aromatic carbocycles. The van der Waals surface area contributed by atoms with E-state index < -0.39 is 5.82 Å². The largest absolute Gasteiger partial charge is 0.493 e. The van der Waals surface area contributed by atoms with E-state index in [-0.39, 0.29) is 5.56 Å². The third-order valence-corrected chi connectivity index (χ3v) is 2.93. The number of halogens is 1. The Morgan fingerprint density at radius 1 is 1.10 bits per heavy atom. The Labute approximate surface area is 121 Å². The highest BCUT2D eigenvalue weighted by Gasteiger charge is 2.11. The van der Waals surface area contributed by atoms with Gasteiger partial charge in [0.1, 0.15) is 11.9 Å². The van der Waals surface area contributed by atoms with Gasteiger partial charge in [-0.3, -0.25) is 0 Å². The van der Waals surface area contributed by atoms with Crippen LogP contribution in [0.4, 0.5) is 21.5 Å². The first-order valence-corrected chi connectivity index (χ1v) is 6.07. The minimum atomic E-state index is -0.475. The number of nitrogen functional groups attached to an aromatic ring is 1. The summed E-state index contributed by atoms with van der Waals surface area (Å²) in [6.07, 6.45) is 0. The average Bonchev–Trinajstić information content (AvgIpc) is 2.50. The van der Waals surface area contributed by atoms with Crippen LogP contribution < -0.4 is 20.5 Å². The van der Waals surface area contributed by atoms with Crippen LogP contribution >= 0.6 is 0 Å². The van der Waals surface area contributed by atoms with E-state index in [1.54, 1.807) is 12.1 Å². The summed E-state index contributed by atoms with van der Waals surface area (Å²) in [6.45, 7) is 0. The summed E-state index contributed by atoms with van der Waals surface area (Å²) in [4.78, 5) is 0. The van der Waals surface area contributed by atoms with Crippen molar-refractivity contribution in [1.29, 1.82) is 5.26 Å². The lowest BCUT2D eigenvalue weighted by molar-refractivity contribution is 0.355. The van der Waals surface area contributed by atoms with Crippen molar-refractivity contribution in [2.45, 2.75) is 0 Å². The van der Waals surface area contributed by atoms with E-state index in [1.807, 2.05) is 6.07 Å². The second-order valence-corrected chi connectivity index (χ2v) is 4.22. The molecule has 5 nitrogen and oxygen atoms in total. The highest BCUT2D eigenvalue weighted by molar-refractivity contribution is 5.78. The summed E-state index contributed by atoms with van der Waals surface area (Å²) in [5.74, 6) is 0.521. The van der Waals surface area contributed by atoms with Crippen molar-refractivity contribution in [3.8, 4) is 17.6 Å². The molecule has 6 heteroatoms. The Morgan fingerprint density at radius 2 is 1.76 bits per heavy atom. The van der Waals surface area contributed by atoms with Crippen molar-refractivity contribution in [3.05, 3.63) is 41.7 Å². The normalized spacial score (nSPS) is 9.81. The number of ether oxygens (including phenoxy) is 2. The van der Waals surface area contributed by atoms with Crippen LogP contribution in [0.15, 0.2) is 30.3 Å². The van der Waals surface area contributed by atoms with Crippen LogP contribution in [0.3, 0.4) is 0 Å². The predicted octanol–water partition coefficient (Wildman–Crippen LogP) is 3.04. The van der Waals surface area contributed by atoms with Crippen molar-refractivity contribution < 1.29 is 13.9 Å². The summed E-state index contributed by atoms with van der Waals surface area (Å²) in [6, 6.07) is 9.08. The molecular formula is C15H14FN3O2. The van der Waals surface area contributed by atoms with Gasteiger partial charge in [-0.05, 0) is 18.2 Å². The first-order valence-electron chi connectivity index (χ1n) is 6.07. The molecule has 0 unspecified atom stereocenters. The van der Waals surface area contributed by atoms with Crippen molar-refractivity contribution in [1.82, 2.24) is 0 Å². The number of rotatable bonds is 4. The Balaban J connectivity index is 2.43. The average molecular weight is 287 g/mol. The first-order chi connectivity index (χ1) is 10.1. The highest BCUT2D eigenvalue weighted by atomic mass is 19.1. The first kappa shape index (κ1) is 14.5. The molecule has 0 bridgehead atoms. The molecule has 0 aliphatic carbocycles. The van der Waals surface area contributed by atoms with E-state index in [9.17, 15) is 4.39 Å². The highest BCUT2D eigenvalue weighted by Crippen LogP contribution is 2.36. The van der Waals surface area contributed by atoms with Gasteiger partial charge in [0.2, 0.25) is 0 Å². The maximum absolute atomic E-state index is 13.1. The maximum Gasteiger partial charge on any atom is 0.162 e.